The van der Waals surface area contributed by atoms with Crippen molar-refractivity contribution >= 4 is 16.2 Å². The maximum Gasteiger partial charge on any atom is 0.397 e. The molecule has 85 heavy (non-hydrogen) atoms. The highest BCUT2D eigenvalue weighted by molar-refractivity contribution is 7.80. The molecule has 0 aromatic rings. The Morgan fingerprint density at radius 3 is 1.78 bits per heavy atom. The van der Waals surface area contributed by atoms with Crippen LogP contribution in [0.1, 0.15) is 113 Å². The van der Waals surface area contributed by atoms with E-state index in [-0.39, 0.29) is 48.7 Å². The van der Waals surface area contributed by atoms with E-state index < -0.39 is 206 Å². The average Bonchev–Trinajstić information content (AvgIpc) is 1.71. The van der Waals surface area contributed by atoms with Gasteiger partial charge in [-0.1, -0.05) is 39.3 Å². The van der Waals surface area contributed by atoms with Crippen LogP contribution in [-0.4, -0.2) is 264 Å². The summed E-state index contributed by atoms with van der Waals surface area (Å²) in [7, 11) is -4.88. The second-order valence-electron chi connectivity index (χ2n) is 26.7. The van der Waals surface area contributed by atoms with Gasteiger partial charge in [0.15, 0.2) is 31.5 Å². The van der Waals surface area contributed by atoms with E-state index >= 15 is 0 Å². The Bertz CT molecular complexity index is 2420. The summed E-state index contributed by atoms with van der Waals surface area (Å²) in [5, 5.41) is 145. The Labute approximate surface area is 494 Å². The van der Waals surface area contributed by atoms with Crippen molar-refractivity contribution in [3.63, 3.8) is 0 Å². The van der Waals surface area contributed by atoms with Crippen LogP contribution >= 0.6 is 0 Å². The average molecular weight is 1250 g/mol. The van der Waals surface area contributed by atoms with Crippen molar-refractivity contribution in [3.8, 4) is 0 Å². The molecule has 0 bridgehead atoms. The number of rotatable bonds is 18. The van der Waals surface area contributed by atoms with E-state index in [9.17, 15) is 84.1 Å². The Hall–Kier alpha value is -1.64. The number of allylic oxidation sites excluding steroid dienone is 2. The fourth-order valence-corrected chi connectivity index (χ4v) is 16.3. The van der Waals surface area contributed by atoms with Crippen molar-refractivity contribution in [1.82, 2.24) is 0 Å². The lowest BCUT2D eigenvalue weighted by atomic mass is 9.47. The molecule has 0 aromatic carbocycles. The molecule has 5 aliphatic heterocycles. The molecular formula is C56H92O28S. The Morgan fingerprint density at radius 2 is 1.20 bits per heavy atom. The normalized spacial score (nSPS) is 51.3. The highest BCUT2D eigenvalue weighted by Crippen LogP contribution is 2.67. The molecule has 0 aromatic heterocycles. The molecule has 0 spiro atoms. The number of Topliss-reactive ketones (excluding diaryl/α,β-unsaturated/α-hetero) is 1. The summed E-state index contributed by atoms with van der Waals surface area (Å²) in [4.78, 5) is 13.2. The van der Waals surface area contributed by atoms with Crippen LogP contribution in [0, 0.1) is 40.4 Å². The number of carbonyl (C=O) groups excluding carboxylic acids is 1. The Kier molecular flexibility index (Phi) is 20.8. The number of ether oxygens (including phenoxy) is 10. The largest absolute Gasteiger partial charge is 0.397 e. The molecule has 5 unspecified atom stereocenters. The minimum atomic E-state index is -4.88. The van der Waals surface area contributed by atoms with Gasteiger partial charge in [0.1, 0.15) is 103 Å². The van der Waals surface area contributed by atoms with E-state index in [0.29, 0.717) is 32.1 Å². The van der Waals surface area contributed by atoms with Crippen LogP contribution in [0.25, 0.3) is 0 Å². The standard InChI is InChI=1S/C56H92O28S/c1-21(2)15-25(58)18-56(8,70)34-10-9-28-27-17-31(30-16-26(84-85(71,72)73)11-13-54(30,6)29(27)12-14-55(28,34)7)78-51-45(69)46(37(61)24(5)77-51)81-52-47(82-49-43(67)40(64)35(59)22(3)75-49)39(63)33(20-74-52)80-53-48(42(66)38(62)32(19-57)79-53)83-50-44(68)41(65)36(60)23(4)76-50/h12,21-24,26-28,30-53,57,59-70H,9-11,13-20H2,1-8H3,(H,71,72,73)/t22-,23-,24-,26+,27+,28+,30-,31+,32-,33-,34+,35-,36+,37-,38+,39+,40+,41+,42+,43-,44-,45-,46+,47-,48-,49?,50?,51?,52?,53?,54-,55+,56-/m1/s1. The maximum absolute atomic E-state index is 13.2. The molecule has 28 nitrogen and oxygen atoms in total. The summed E-state index contributed by atoms with van der Waals surface area (Å²) in [5.41, 5.74) is -1.26. The number of hydrogen-bond donors (Lipinski definition) is 14. The van der Waals surface area contributed by atoms with Crippen molar-refractivity contribution in [3.05, 3.63) is 11.6 Å². The monoisotopic (exact) mass is 1240 g/mol. The first-order chi connectivity index (χ1) is 39.7. The lowest BCUT2D eigenvalue weighted by Crippen LogP contribution is -2.67. The molecule has 8 fully saturated rings. The van der Waals surface area contributed by atoms with Crippen molar-refractivity contribution in [2.24, 2.45) is 40.4 Å². The highest BCUT2D eigenvalue weighted by atomic mass is 32.3. The summed E-state index contributed by atoms with van der Waals surface area (Å²) in [6.07, 6.45) is -37.1. The zero-order valence-electron chi connectivity index (χ0n) is 49.1. The first-order valence-electron chi connectivity index (χ1n) is 29.9. The fraction of sp³-hybridized carbons (Fsp3) is 0.946. The summed E-state index contributed by atoms with van der Waals surface area (Å²) in [5.74, 6) is -0.799. The molecule has 4 aliphatic carbocycles. The minimum Gasteiger partial charge on any atom is -0.394 e. The molecule has 9 rings (SSSR count). The molecule has 490 valence electrons. The minimum absolute atomic E-state index is 0.00462. The van der Waals surface area contributed by atoms with Crippen LogP contribution in [0.2, 0.25) is 0 Å². The van der Waals surface area contributed by atoms with Gasteiger partial charge < -0.3 is 114 Å². The third kappa shape index (κ3) is 13.5. The molecule has 5 heterocycles. The van der Waals surface area contributed by atoms with Crippen LogP contribution in [0.15, 0.2) is 11.6 Å². The predicted molar refractivity (Wildman–Crippen MR) is 286 cm³/mol. The van der Waals surface area contributed by atoms with E-state index in [0.717, 1.165) is 12.0 Å². The SMILES string of the molecule is CC(C)CC(=O)C[C@@](C)(O)[C@H]1CC[C@H]2[C@@H]3C[C@H](OC4O[C@H](C)[C@@H](O)[C@H](OC5OC[C@@H](OC6O[C@H](CO)[C@H](O)[C@H](O)[C@H]6OC6O[C@H](C)[C@H](O)[C@H](O)[C@H]6O)[C@H](O)[C@H]5OC5O[C@H](C)[C@@H](O)[C@H](O)[C@H]5O)[C@H]4O)[C@H]4C[C@@H](OS(=O)(=O)O)CC[C@]4(C)C3=CC[C@@]21C. The van der Waals surface area contributed by atoms with E-state index in [4.69, 9.17) is 51.6 Å². The van der Waals surface area contributed by atoms with Gasteiger partial charge in [0.05, 0.1) is 49.3 Å². The van der Waals surface area contributed by atoms with Gasteiger partial charge in [-0.15, -0.1) is 0 Å². The number of carbonyl (C=O) groups is 1. The quantitative estimate of drug-likeness (QED) is 0.0491. The van der Waals surface area contributed by atoms with Crippen LogP contribution in [0.4, 0.5) is 0 Å². The third-order valence-electron chi connectivity index (χ3n) is 20.3. The second kappa shape index (κ2) is 26.2. The Balaban J connectivity index is 0.982. The van der Waals surface area contributed by atoms with Gasteiger partial charge in [0.2, 0.25) is 0 Å². The summed E-state index contributed by atoms with van der Waals surface area (Å²) in [6, 6.07) is 0. The first kappa shape index (κ1) is 67.7. The van der Waals surface area contributed by atoms with E-state index in [1.165, 1.54) is 20.8 Å². The van der Waals surface area contributed by atoms with Gasteiger partial charge in [-0.3, -0.25) is 9.35 Å². The topological polar surface area (TPSA) is 436 Å². The van der Waals surface area contributed by atoms with Gasteiger partial charge in [-0.05, 0) is 113 Å². The fourth-order valence-electron chi connectivity index (χ4n) is 15.8. The van der Waals surface area contributed by atoms with Crippen LogP contribution in [0.5, 0.6) is 0 Å². The number of fused-ring (bicyclic) bond motifs is 5. The molecular weight excluding hydrogens is 1150 g/mol. The van der Waals surface area contributed by atoms with Crippen molar-refractivity contribution in [1.29, 1.82) is 0 Å². The van der Waals surface area contributed by atoms with Gasteiger partial charge in [-0.2, -0.15) is 8.42 Å². The molecule has 14 N–H and O–H groups in total. The van der Waals surface area contributed by atoms with Gasteiger partial charge in [0.25, 0.3) is 0 Å². The van der Waals surface area contributed by atoms with Crippen LogP contribution in [-0.2, 0) is 66.7 Å². The molecule has 29 heteroatoms. The number of aliphatic hydroxyl groups excluding tert-OH is 12. The predicted octanol–water partition coefficient (Wildman–Crippen LogP) is -2.68. The molecule has 0 radical (unpaired) electrons. The molecule has 9 aliphatic rings. The number of ketones is 1. The van der Waals surface area contributed by atoms with Crippen LogP contribution < -0.4 is 0 Å². The van der Waals surface area contributed by atoms with Gasteiger partial charge in [0, 0.05) is 12.8 Å². The zero-order valence-corrected chi connectivity index (χ0v) is 50.0. The van der Waals surface area contributed by atoms with E-state index in [1.807, 2.05) is 13.8 Å². The van der Waals surface area contributed by atoms with Crippen molar-refractivity contribution in [2.45, 2.75) is 278 Å². The number of hydrogen-bond acceptors (Lipinski definition) is 27. The first-order valence-corrected chi connectivity index (χ1v) is 31.3. The smallest absolute Gasteiger partial charge is 0.394 e. The maximum atomic E-state index is 13.2. The summed E-state index contributed by atoms with van der Waals surface area (Å²) >= 11 is 0. The molecule has 3 saturated carbocycles. The summed E-state index contributed by atoms with van der Waals surface area (Å²) < 4.78 is 100. The lowest BCUT2D eigenvalue weighted by Gasteiger charge is -2.60. The summed E-state index contributed by atoms with van der Waals surface area (Å²) in [6.45, 7) is 12.6. The molecule has 0 amide bonds. The van der Waals surface area contributed by atoms with Crippen molar-refractivity contribution < 1.29 is 136 Å². The second-order valence-corrected chi connectivity index (χ2v) is 27.7. The Morgan fingerprint density at radius 1 is 0.647 bits per heavy atom. The number of aliphatic hydroxyl groups is 13. The van der Waals surface area contributed by atoms with Crippen LogP contribution in [0.3, 0.4) is 0 Å². The molecule has 5 saturated heterocycles. The molecule has 33 atom stereocenters. The highest BCUT2D eigenvalue weighted by Gasteiger charge is 2.64. The zero-order chi connectivity index (χ0) is 62.3. The van der Waals surface area contributed by atoms with Gasteiger partial charge in [-0.25, -0.2) is 4.18 Å². The van der Waals surface area contributed by atoms with E-state index in [1.54, 1.807) is 6.92 Å². The third-order valence-corrected chi connectivity index (χ3v) is 20.8. The van der Waals surface area contributed by atoms with Crippen molar-refractivity contribution in [2.75, 3.05) is 13.2 Å². The lowest BCUT2D eigenvalue weighted by molar-refractivity contribution is -0.398. The van der Waals surface area contributed by atoms with Gasteiger partial charge >= 0.3 is 10.4 Å². The van der Waals surface area contributed by atoms with E-state index in [2.05, 4.69) is 19.9 Å².